The van der Waals surface area contributed by atoms with Gasteiger partial charge < -0.3 is 19.9 Å². The Morgan fingerprint density at radius 1 is 1.16 bits per heavy atom. The molecule has 1 aromatic carbocycles. The van der Waals surface area contributed by atoms with Gasteiger partial charge in [-0.05, 0) is 25.1 Å². The van der Waals surface area contributed by atoms with Crippen LogP contribution in [0, 0.1) is 0 Å². The first-order valence-electron chi connectivity index (χ1n) is 10.5. The minimum atomic E-state index is 0.611. The molecule has 9 heteroatoms. The van der Waals surface area contributed by atoms with Crippen LogP contribution in [-0.2, 0) is 6.42 Å². The minimum Gasteiger partial charge on any atom is -0.496 e. The summed E-state index contributed by atoms with van der Waals surface area (Å²) in [6, 6.07) is 9.88. The summed E-state index contributed by atoms with van der Waals surface area (Å²) in [5, 5.41) is 5.08. The quantitative estimate of drug-likeness (QED) is 0.525. The standard InChI is InChI=1S/C22H30N8O/c1-28-9-11-29(12-10-28)22-24-14-18(15-25-22)19-13-21(27-16-26-19)30(23)8-7-17-5-3-4-6-20(17)31-2/h3-6,13-14,16H,7-12,15,23H2,1-2H3,(H,24,25). The molecule has 31 heavy (non-hydrogen) atoms. The summed E-state index contributed by atoms with van der Waals surface area (Å²) in [4.78, 5) is 18.0. The Kier molecular flexibility index (Phi) is 6.63. The Morgan fingerprint density at radius 2 is 1.97 bits per heavy atom. The van der Waals surface area contributed by atoms with E-state index in [9.17, 15) is 0 Å². The van der Waals surface area contributed by atoms with Crippen LogP contribution in [0.5, 0.6) is 5.75 Å². The lowest BCUT2D eigenvalue weighted by atomic mass is 10.1. The second kappa shape index (κ2) is 9.76. The van der Waals surface area contributed by atoms with E-state index < -0.39 is 0 Å². The number of methoxy groups -OCH3 is 1. The van der Waals surface area contributed by atoms with Gasteiger partial charge in [0, 0.05) is 57.1 Å². The lowest BCUT2D eigenvalue weighted by Gasteiger charge is -2.35. The minimum absolute atomic E-state index is 0.611. The largest absolute Gasteiger partial charge is 0.496 e. The number of nitrogens with one attached hydrogen (secondary N) is 1. The van der Waals surface area contributed by atoms with E-state index in [0.29, 0.717) is 18.9 Å². The van der Waals surface area contributed by atoms with Gasteiger partial charge in [0.2, 0.25) is 0 Å². The molecule has 3 heterocycles. The molecule has 2 aliphatic heterocycles. The van der Waals surface area contributed by atoms with Crippen LogP contribution < -0.4 is 20.9 Å². The van der Waals surface area contributed by atoms with Crippen molar-refractivity contribution in [3.63, 3.8) is 0 Å². The molecule has 0 spiro atoms. The molecule has 2 aliphatic rings. The summed E-state index contributed by atoms with van der Waals surface area (Å²) in [7, 11) is 3.83. The van der Waals surface area contributed by atoms with Crippen LogP contribution in [0.2, 0.25) is 0 Å². The molecule has 0 atom stereocenters. The fourth-order valence-electron chi connectivity index (χ4n) is 3.72. The van der Waals surface area contributed by atoms with E-state index in [2.05, 4.69) is 37.1 Å². The van der Waals surface area contributed by atoms with E-state index >= 15 is 0 Å². The van der Waals surface area contributed by atoms with Crippen molar-refractivity contribution < 1.29 is 4.74 Å². The van der Waals surface area contributed by atoms with E-state index in [1.165, 1.54) is 0 Å². The number of benzene rings is 1. The lowest BCUT2D eigenvalue weighted by Crippen LogP contribution is -2.52. The molecule has 2 aromatic rings. The Morgan fingerprint density at radius 3 is 2.71 bits per heavy atom. The summed E-state index contributed by atoms with van der Waals surface area (Å²) in [6.45, 7) is 5.35. The molecule has 1 aromatic heterocycles. The first-order chi connectivity index (χ1) is 15.1. The van der Waals surface area contributed by atoms with E-state index in [0.717, 1.165) is 61.1 Å². The zero-order valence-electron chi connectivity index (χ0n) is 18.2. The number of hydrazine groups is 1. The van der Waals surface area contributed by atoms with Gasteiger partial charge >= 0.3 is 0 Å². The maximum Gasteiger partial charge on any atom is 0.198 e. The third kappa shape index (κ3) is 5.12. The molecule has 0 bridgehead atoms. The first-order valence-corrected chi connectivity index (χ1v) is 10.5. The molecule has 3 N–H and O–H groups in total. The molecule has 0 radical (unpaired) electrons. The lowest BCUT2D eigenvalue weighted by molar-refractivity contribution is 0.211. The summed E-state index contributed by atoms with van der Waals surface area (Å²) < 4.78 is 5.42. The van der Waals surface area contributed by atoms with Crippen molar-refractivity contribution in [2.75, 3.05) is 58.4 Å². The number of guanidine groups is 1. The van der Waals surface area contributed by atoms with E-state index in [-0.39, 0.29) is 0 Å². The van der Waals surface area contributed by atoms with Crippen molar-refractivity contribution in [2.45, 2.75) is 6.42 Å². The predicted octanol–water partition coefficient (Wildman–Crippen LogP) is 0.956. The number of hydrogen-bond donors (Lipinski definition) is 2. The molecule has 0 saturated carbocycles. The van der Waals surface area contributed by atoms with Gasteiger partial charge in [-0.3, -0.25) is 5.01 Å². The molecule has 9 nitrogen and oxygen atoms in total. The Hall–Kier alpha value is -3.17. The van der Waals surface area contributed by atoms with Gasteiger partial charge in [0.15, 0.2) is 5.96 Å². The van der Waals surface area contributed by atoms with Crippen molar-refractivity contribution in [2.24, 2.45) is 10.8 Å². The molecule has 0 amide bonds. The summed E-state index contributed by atoms with van der Waals surface area (Å²) in [5.41, 5.74) is 2.95. The number of ether oxygens (including phenoxy) is 1. The smallest absolute Gasteiger partial charge is 0.198 e. The van der Waals surface area contributed by atoms with Crippen molar-refractivity contribution >= 4 is 17.4 Å². The van der Waals surface area contributed by atoms with Crippen LogP contribution in [-0.4, -0.2) is 79.2 Å². The zero-order chi connectivity index (χ0) is 21.6. The average Bonchev–Trinajstić information content (AvgIpc) is 2.83. The van der Waals surface area contributed by atoms with Crippen LogP contribution in [0.25, 0.3) is 5.57 Å². The normalized spacial score (nSPS) is 16.9. The number of nitrogens with two attached hydrogens (primary N) is 1. The number of piperazine rings is 1. The van der Waals surface area contributed by atoms with Gasteiger partial charge in [0.25, 0.3) is 0 Å². The molecule has 0 unspecified atom stereocenters. The number of aliphatic imine (C=N–C) groups is 1. The highest BCUT2D eigenvalue weighted by Crippen LogP contribution is 2.20. The highest BCUT2D eigenvalue weighted by atomic mass is 16.5. The number of aromatic nitrogens is 2. The van der Waals surface area contributed by atoms with Gasteiger partial charge in [-0.25, -0.2) is 20.8 Å². The van der Waals surface area contributed by atoms with Crippen LogP contribution in [0.3, 0.4) is 0 Å². The van der Waals surface area contributed by atoms with Crippen molar-refractivity contribution in [1.29, 1.82) is 0 Å². The second-order valence-corrected chi connectivity index (χ2v) is 7.77. The fraction of sp³-hybridized carbons (Fsp3) is 0.409. The third-order valence-electron chi connectivity index (χ3n) is 5.67. The first kappa shape index (κ1) is 21.1. The summed E-state index contributed by atoms with van der Waals surface area (Å²) in [6.07, 6.45) is 4.20. The maximum atomic E-state index is 6.29. The molecular weight excluding hydrogens is 392 g/mol. The molecule has 164 valence electrons. The number of rotatable bonds is 6. The third-order valence-corrected chi connectivity index (χ3v) is 5.67. The number of para-hydroxylation sites is 1. The van der Waals surface area contributed by atoms with E-state index in [1.807, 2.05) is 36.5 Å². The van der Waals surface area contributed by atoms with Gasteiger partial charge in [0.05, 0.1) is 12.8 Å². The number of likely N-dealkylation sites (N-methyl/N-ethyl adjacent to an activating group) is 1. The number of anilines is 1. The topological polar surface area (TPSA) is 95.1 Å². The predicted molar refractivity (Wildman–Crippen MR) is 123 cm³/mol. The summed E-state index contributed by atoms with van der Waals surface area (Å²) >= 11 is 0. The van der Waals surface area contributed by atoms with Crippen molar-refractivity contribution in [3.8, 4) is 5.75 Å². The van der Waals surface area contributed by atoms with Gasteiger partial charge in [-0.2, -0.15) is 0 Å². The van der Waals surface area contributed by atoms with Gasteiger partial charge in [-0.15, -0.1) is 0 Å². The van der Waals surface area contributed by atoms with Crippen LogP contribution in [0.15, 0.2) is 47.9 Å². The molecule has 1 saturated heterocycles. The highest BCUT2D eigenvalue weighted by molar-refractivity contribution is 5.86. The Labute approximate surface area is 183 Å². The van der Waals surface area contributed by atoms with Crippen LogP contribution in [0.1, 0.15) is 11.3 Å². The summed E-state index contributed by atoms with van der Waals surface area (Å²) in [5.74, 6) is 8.77. The van der Waals surface area contributed by atoms with Gasteiger partial charge in [0.1, 0.15) is 17.9 Å². The molecular formula is C22H30N8O. The van der Waals surface area contributed by atoms with Crippen molar-refractivity contribution in [3.05, 3.63) is 54.1 Å². The monoisotopic (exact) mass is 422 g/mol. The highest BCUT2D eigenvalue weighted by Gasteiger charge is 2.20. The van der Waals surface area contributed by atoms with Crippen LogP contribution in [0.4, 0.5) is 5.82 Å². The molecule has 0 aliphatic carbocycles. The fourth-order valence-corrected chi connectivity index (χ4v) is 3.72. The van der Waals surface area contributed by atoms with E-state index in [4.69, 9.17) is 10.6 Å². The Balaban J connectivity index is 1.41. The molecule has 1 fully saturated rings. The maximum absolute atomic E-state index is 6.29. The van der Waals surface area contributed by atoms with E-state index in [1.54, 1.807) is 18.4 Å². The average molecular weight is 423 g/mol. The van der Waals surface area contributed by atoms with Gasteiger partial charge in [-0.1, -0.05) is 18.2 Å². The number of hydrogen-bond acceptors (Lipinski definition) is 9. The number of nitrogens with zero attached hydrogens (tertiary/aromatic N) is 6. The van der Waals surface area contributed by atoms with Crippen LogP contribution >= 0.6 is 0 Å². The second-order valence-electron chi connectivity index (χ2n) is 7.77. The van der Waals surface area contributed by atoms with Crippen molar-refractivity contribution in [1.82, 2.24) is 25.1 Å². The molecule has 4 rings (SSSR count). The SMILES string of the molecule is COc1ccccc1CCN(N)c1cc(C2=CN=C(N3CCN(C)CC3)NC2)ncn1. The Bertz CT molecular complexity index is 952. The zero-order valence-corrected chi connectivity index (χ0v) is 18.2.